The molecular formula is C12H23F3N2O2. The number of nitrogens with one attached hydrogen (secondary N) is 1. The smallest absolute Gasteiger partial charge is 0.390 e. The first-order valence-electron chi connectivity index (χ1n) is 6.33. The number of nitrogens with zero attached hydrogens (tertiary/aromatic N) is 1. The summed E-state index contributed by atoms with van der Waals surface area (Å²) in [5, 5.41) is 3.00. The van der Waals surface area contributed by atoms with E-state index in [0.29, 0.717) is 0 Å². The van der Waals surface area contributed by atoms with Crippen molar-refractivity contribution >= 4 is 5.97 Å². The SMILES string of the molecule is CCOC(=O)C(CN(C)CCC(F)(F)F)NC(C)C. The Bertz CT molecular complexity index is 270. The lowest BCUT2D eigenvalue weighted by Gasteiger charge is -2.25. The summed E-state index contributed by atoms with van der Waals surface area (Å²) in [6.07, 6.45) is -5.07. The monoisotopic (exact) mass is 284 g/mol. The van der Waals surface area contributed by atoms with Crippen LogP contribution < -0.4 is 5.32 Å². The van der Waals surface area contributed by atoms with Crippen molar-refractivity contribution in [1.82, 2.24) is 10.2 Å². The van der Waals surface area contributed by atoms with Crippen LogP contribution in [0, 0.1) is 0 Å². The van der Waals surface area contributed by atoms with Gasteiger partial charge in [0.2, 0.25) is 0 Å². The Morgan fingerprint density at radius 2 is 1.95 bits per heavy atom. The van der Waals surface area contributed by atoms with Crippen LogP contribution in [0.5, 0.6) is 0 Å². The Labute approximate surface area is 112 Å². The topological polar surface area (TPSA) is 41.6 Å². The second kappa shape index (κ2) is 8.37. The largest absolute Gasteiger partial charge is 0.465 e. The van der Waals surface area contributed by atoms with Crippen molar-refractivity contribution in [2.75, 3.05) is 26.7 Å². The van der Waals surface area contributed by atoms with Gasteiger partial charge in [0.25, 0.3) is 0 Å². The number of halogens is 3. The maximum atomic E-state index is 12.1. The van der Waals surface area contributed by atoms with E-state index in [2.05, 4.69) is 5.32 Å². The predicted molar refractivity (Wildman–Crippen MR) is 66.9 cm³/mol. The van der Waals surface area contributed by atoms with Gasteiger partial charge in [-0.3, -0.25) is 4.79 Å². The van der Waals surface area contributed by atoms with Crippen LogP contribution in [0.25, 0.3) is 0 Å². The summed E-state index contributed by atoms with van der Waals surface area (Å²) in [6.45, 7) is 5.72. The van der Waals surface area contributed by atoms with Gasteiger partial charge < -0.3 is 15.0 Å². The summed E-state index contributed by atoms with van der Waals surface area (Å²) in [6, 6.07) is -0.566. The molecule has 0 aromatic carbocycles. The van der Waals surface area contributed by atoms with Gasteiger partial charge in [0.15, 0.2) is 0 Å². The van der Waals surface area contributed by atoms with Gasteiger partial charge in [-0.1, -0.05) is 13.8 Å². The Morgan fingerprint density at radius 1 is 1.37 bits per heavy atom. The van der Waals surface area contributed by atoms with E-state index in [4.69, 9.17) is 4.74 Å². The molecule has 0 aliphatic heterocycles. The van der Waals surface area contributed by atoms with Crippen LogP contribution >= 0.6 is 0 Å². The minimum Gasteiger partial charge on any atom is -0.465 e. The molecule has 0 aromatic heterocycles. The Kier molecular flexibility index (Phi) is 8.01. The van der Waals surface area contributed by atoms with Crippen molar-refractivity contribution in [3.8, 4) is 0 Å². The highest BCUT2D eigenvalue weighted by atomic mass is 19.4. The number of carbonyl (C=O) groups is 1. The molecule has 4 nitrogen and oxygen atoms in total. The number of hydrogen-bond acceptors (Lipinski definition) is 4. The molecule has 0 aromatic rings. The van der Waals surface area contributed by atoms with Crippen LogP contribution in [0.4, 0.5) is 13.2 Å². The molecule has 1 unspecified atom stereocenters. The van der Waals surface area contributed by atoms with Gasteiger partial charge in [0.05, 0.1) is 13.0 Å². The molecule has 1 atom stereocenters. The number of hydrogen-bond donors (Lipinski definition) is 1. The summed E-state index contributed by atoms with van der Waals surface area (Å²) in [4.78, 5) is 13.2. The predicted octanol–water partition coefficient (Wildman–Crippen LogP) is 1.80. The highest BCUT2D eigenvalue weighted by Crippen LogP contribution is 2.19. The van der Waals surface area contributed by atoms with Crippen molar-refractivity contribution in [3.05, 3.63) is 0 Å². The van der Waals surface area contributed by atoms with Crippen LogP contribution in [-0.2, 0) is 9.53 Å². The molecule has 0 fully saturated rings. The van der Waals surface area contributed by atoms with E-state index in [9.17, 15) is 18.0 Å². The van der Waals surface area contributed by atoms with Crippen LogP contribution in [0.1, 0.15) is 27.2 Å². The van der Waals surface area contributed by atoms with E-state index < -0.39 is 24.6 Å². The highest BCUT2D eigenvalue weighted by Gasteiger charge is 2.28. The minimum atomic E-state index is -4.18. The van der Waals surface area contributed by atoms with E-state index in [1.807, 2.05) is 13.8 Å². The molecule has 0 saturated carbocycles. The first-order valence-corrected chi connectivity index (χ1v) is 6.33. The van der Waals surface area contributed by atoms with Gasteiger partial charge in [0.1, 0.15) is 6.04 Å². The zero-order valence-corrected chi connectivity index (χ0v) is 11.9. The van der Waals surface area contributed by atoms with Crippen LogP contribution in [-0.4, -0.2) is 55.9 Å². The van der Waals surface area contributed by atoms with Gasteiger partial charge in [-0.2, -0.15) is 13.2 Å². The number of alkyl halides is 3. The zero-order valence-electron chi connectivity index (χ0n) is 11.9. The number of rotatable bonds is 8. The minimum absolute atomic E-state index is 0.0467. The summed E-state index contributed by atoms with van der Waals surface area (Å²) < 4.78 is 41.2. The fraction of sp³-hybridized carbons (Fsp3) is 0.917. The Hall–Kier alpha value is -0.820. The molecular weight excluding hydrogens is 261 g/mol. The summed E-state index contributed by atoms with van der Waals surface area (Å²) in [5.41, 5.74) is 0. The van der Waals surface area contributed by atoms with Crippen molar-refractivity contribution in [2.24, 2.45) is 0 Å². The van der Waals surface area contributed by atoms with Crippen molar-refractivity contribution in [3.63, 3.8) is 0 Å². The van der Waals surface area contributed by atoms with E-state index in [1.54, 1.807) is 14.0 Å². The average Bonchev–Trinajstić information content (AvgIpc) is 2.24. The molecule has 0 spiro atoms. The number of carbonyl (C=O) groups excluding carboxylic acids is 1. The lowest BCUT2D eigenvalue weighted by atomic mass is 10.2. The number of likely N-dealkylation sites (N-methyl/N-ethyl adjacent to an activating group) is 1. The average molecular weight is 284 g/mol. The van der Waals surface area contributed by atoms with Crippen molar-refractivity contribution < 1.29 is 22.7 Å². The van der Waals surface area contributed by atoms with Crippen molar-refractivity contribution in [2.45, 2.75) is 45.5 Å². The lowest BCUT2D eigenvalue weighted by Crippen LogP contribution is -2.49. The van der Waals surface area contributed by atoms with Gasteiger partial charge in [-0.05, 0) is 14.0 Å². The number of ether oxygens (including phenoxy) is 1. The molecule has 0 saturated heterocycles. The van der Waals surface area contributed by atoms with Crippen LogP contribution in [0.2, 0.25) is 0 Å². The second-order valence-corrected chi connectivity index (χ2v) is 4.75. The maximum Gasteiger partial charge on any atom is 0.390 e. The zero-order chi connectivity index (χ0) is 15.1. The summed E-state index contributed by atoms with van der Waals surface area (Å²) >= 11 is 0. The van der Waals surface area contributed by atoms with E-state index >= 15 is 0 Å². The van der Waals surface area contributed by atoms with Crippen LogP contribution in [0.3, 0.4) is 0 Å². The third kappa shape index (κ3) is 9.72. The summed E-state index contributed by atoms with van der Waals surface area (Å²) in [7, 11) is 1.56. The standard InChI is InChI=1S/C12H23F3N2O2/c1-5-19-11(18)10(16-9(2)3)8-17(4)7-6-12(13,14)15/h9-10,16H,5-8H2,1-4H3. The first-order chi connectivity index (χ1) is 8.65. The molecule has 0 aliphatic carbocycles. The Morgan fingerprint density at radius 3 is 2.37 bits per heavy atom. The molecule has 7 heteroatoms. The van der Waals surface area contributed by atoms with Gasteiger partial charge in [0, 0.05) is 19.1 Å². The van der Waals surface area contributed by atoms with Gasteiger partial charge >= 0.3 is 12.1 Å². The molecule has 0 radical (unpaired) electrons. The van der Waals surface area contributed by atoms with Crippen LogP contribution in [0.15, 0.2) is 0 Å². The quantitative estimate of drug-likeness (QED) is 0.690. The third-order valence-corrected chi connectivity index (χ3v) is 2.38. The van der Waals surface area contributed by atoms with Gasteiger partial charge in [-0.15, -0.1) is 0 Å². The molecule has 1 N–H and O–H groups in total. The molecule has 0 rings (SSSR count). The molecule has 0 heterocycles. The highest BCUT2D eigenvalue weighted by molar-refractivity contribution is 5.76. The third-order valence-electron chi connectivity index (χ3n) is 2.38. The van der Waals surface area contributed by atoms with Crippen molar-refractivity contribution in [1.29, 1.82) is 0 Å². The van der Waals surface area contributed by atoms with Gasteiger partial charge in [-0.25, -0.2) is 0 Å². The Balaban J connectivity index is 4.34. The van der Waals surface area contributed by atoms with E-state index in [0.717, 1.165) is 0 Å². The summed E-state index contributed by atoms with van der Waals surface area (Å²) in [5.74, 6) is -0.435. The fourth-order valence-corrected chi connectivity index (χ4v) is 1.56. The molecule has 0 aliphatic rings. The molecule has 0 bridgehead atoms. The molecule has 114 valence electrons. The normalized spacial score (nSPS) is 13.9. The maximum absolute atomic E-state index is 12.1. The number of esters is 1. The molecule has 0 amide bonds. The lowest BCUT2D eigenvalue weighted by molar-refractivity contribution is -0.146. The fourth-order valence-electron chi connectivity index (χ4n) is 1.56. The first kappa shape index (κ1) is 18.2. The van der Waals surface area contributed by atoms with E-state index in [-0.39, 0.29) is 25.7 Å². The second-order valence-electron chi connectivity index (χ2n) is 4.75. The molecule has 19 heavy (non-hydrogen) atoms. The van der Waals surface area contributed by atoms with E-state index in [1.165, 1.54) is 4.90 Å².